The van der Waals surface area contributed by atoms with Crippen LogP contribution in [0.15, 0.2) is 22.8 Å². The Balaban J connectivity index is 1.49. The topological polar surface area (TPSA) is 76.2 Å². The number of rotatable bonds is 6. The highest BCUT2D eigenvalue weighted by atomic mass is 16.3. The van der Waals surface area contributed by atoms with E-state index >= 15 is 0 Å². The van der Waals surface area contributed by atoms with Crippen molar-refractivity contribution in [2.24, 2.45) is 5.92 Å². The fraction of sp³-hybridized carbons (Fsp3) is 0.611. The molecule has 2 aromatic rings. The maximum atomic E-state index is 12.3. The first-order chi connectivity index (χ1) is 12.0. The predicted octanol–water partition coefficient (Wildman–Crippen LogP) is 2.08. The third-order valence-electron chi connectivity index (χ3n) is 4.71. The molecule has 0 aliphatic carbocycles. The van der Waals surface area contributed by atoms with Crippen molar-refractivity contribution in [1.29, 1.82) is 0 Å². The van der Waals surface area contributed by atoms with Gasteiger partial charge in [-0.1, -0.05) is 0 Å². The van der Waals surface area contributed by atoms with E-state index in [2.05, 4.69) is 20.3 Å². The minimum absolute atomic E-state index is 0.0392. The highest BCUT2D eigenvalue weighted by molar-refractivity contribution is 5.78. The van der Waals surface area contributed by atoms with Gasteiger partial charge in [-0.2, -0.15) is 5.10 Å². The molecule has 1 saturated heterocycles. The highest BCUT2D eigenvalue weighted by Crippen LogP contribution is 2.19. The van der Waals surface area contributed by atoms with Crippen molar-refractivity contribution in [3.8, 4) is 0 Å². The van der Waals surface area contributed by atoms with Crippen molar-refractivity contribution in [1.82, 2.24) is 25.0 Å². The number of likely N-dealkylation sites (tertiary alicyclic amines) is 1. The second-order valence-electron chi connectivity index (χ2n) is 6.94. The summed E-state index contributed by atoms with van der Waals surface area (Å²) in [5.41, 5.74) is 0. The molecular weight excluding hydrogens is 318 g/mol. The molecule has 1 aliphatic heterocycles. The number of hydrogen-bond acceptors (Lipinski definition) is 5. The second-order valence-corrected chi connectivity index (χ2v) is 6.94. The Bertz CT molecular complexity index is 694. The first kappa shape index (κ1) is 17.7. The number of aryl methyl sites for hydroxylation is 2. The number of amides is 1. The minimum atomic E-state index is -0.108. The zero-order valence-electron chi connectivity index (χ0n) is 15.2. The van der Waals surface area contributed by atoms with Gasteiger partial charge in [-0.05, 0) is 58.2 Å². The molecule has 25 heavy (non-hydrogen) atoms. The summed E-state index contributed by atoms with van der Waals surface area (Å²) in [6.07, 6.45) is 3.90. The normalized spacial score (nSPS) is 19.7. The summed E-state index contributed by atoms with van der Waals surface area (Å²) in [6.45, 7) is 9.02. The molecule has 1 amide bonds. The monoisotopic (exact) mass is 345 g/mol. The Morgan fingerprint density at radius 1 is 1.48 bits per heavy atom. The van der Waals surface area contributed by atoms with E-state index in [1.54, 1.807) is 6.26 Å². The van der Waals surface area contributed by atoms with Crippen LogP contribution in [0.4, 0.5) is 0 Å². The van der Waals surface area contributed by atoms with Crippen molar-refractivity contribution in [3.05, 3.63) is 35.8 Å². The van der Waals surface area contributed by atoms with Crippen LogP contribution in [0.3, 0.4) is 0 Å². The van der Waals surface area contributed by atoms with Crippen LogP contribution in [0.2, 0.25) is 0 Å². The van der Waals surface area contributed by atoms with Crippen LogP contribution >= 0.6 is 0 Å². The molecule has 2 atom stereocenters. The summed E-state index contributed by atoms with van der Waals surface area (Å²) < 4.78 is 7.33. The van der Waals surface area contributed by atoms with Gasteiger partial charge in [-0.15, -0.1) is 0 Å². The fourth-order valence-electron chi connectivity index (χ4n) is 3.52. The third-order valence-corrected chi connectivity index (χ3v) is 4.71. The van der Waals surface area contributed by atoms with Gasteiger partial charge >= 0.3 is 0 Å². The van der Waals surface area contributed by atoms with E-state index in [1.807, 2.05) is 37.6 Å². The zero-order chi connectivity index (χ0) is 17.8. The standard InChI is InChI=1S/C18H27N5O2/c1-13(17-7-5-9-25-17)19-18(24)12-22-8-4-6-16(10-22)11-23-15(3)20-14(2)21-23/h5,7,9,13,16H,4,6,8,10-12H2,1-3H3,(H,19,24)/t13-,16-/m1/s1. The molecular formula is C18H27N5O2. The van der Waals surface area contributed by atoms with Crippen LogP contribution in [0.1, 0.15) is 43.2 Å². The van der Waals surface area contributed by atoms with Crippen LogP contribution in [0.25, 0.3) is 0 Å². The van der Waals surface area contributed by atoms with Crippen LogP contribution in [-0.4, -0.2) is 45.2 Å². The molecule has 0 radical (unpaired) electrons. The third kappa shape index (κ3) is 4.69. The summed E-state index contributed by atoms with van der Waals surface area (Å²) >= 11 is 0. The molecule has 1 aliphatic rings. The van der Waals surface area contributed by atoms with Gasteiger partial charge in [0.05, 0.1) is 18.8 Å². The number of hydrogen-bond donors (Lipinski definition) is 1. The van der Waals surface area contributed by atoms with Gasteiger partial charge < -0.3 is 9.73 Å². The molecule has 0 unspecified atom stereocenters. The number of nitrogens with one attached hydrogen (secondary N) is 1. The van der Waals surface area contributed by atoms with E-state index in [4.69, 9.17) is 4.42 Å². The van der Waals surface area contributed by atoms with E-state index in [0.717, 1.165) is 43.5 Å². The van der Waals surface area contributed by atoms with Gasteiger partial charge in [0.15, 0.2) is 0 Å². The van der Waals surface area contributed by atoms with Gasteiger partial charge in [0.2, 0.25) is 5.91 Å². The van der Waals surface area contributed by atoms with E-state index in [9.17, 15) is 4.79 Å². The van der Waals surface area contributed by atoms with E-state index < -0.39 is 0 Å². The van der Waals surface area contributed by atoms with Crippen LogP contribution in [-0.2, 0) is 11.3 Å². The molecule has 136 valence electrons. The molecule has 7 heteroatoms. The molecule has 3 heterocycles. The molecule has 1 N–H and O–H groups in total. The highest BCUT2D eigenvalue weighted by Gasteiger charge is 2.23. The largest absolute Gasteiger partial charge is 0.467 e. The van der Waals surface area contributed by atoms with Gasteiger partial charge in [0.1, 0.15) is 17.4 Å². The van der Waals surface area contributed by atoms with Crippen LogP contribution in [0, 0.1) is 19.8 Å². The number of furan rings is 1. The van der Waals surface area contributed by atoms with Crippen molar-refractivity contribution >= 4 is 5.91 Å². The lowest BCUT2D eigenvalue weighted by Crippen LogP contribution is -2.43. The maximum absolute atomic E-state index is 12.3. The molecule has 0 spiro atoms. The molecule has 1 fully saturated rings. The predicted molar refractivity (Wildman–Crippen MR) is 93.9 cm³/mol. The molecule has 0 saturated carbocycles. The summed E-state index contributed by atoms with van der Waals surface area (Å²) in [7, 11) is 0. The first-order valence-corrected chi connectivity index (χ1v) is 8.94. The maximum Gasteiger partial charge on any atom is 0.234 e. The molecule has 2 aromatic heterocycles. The number of carbonyl (C=O) groups is 1. The molecule has 7 nitrogen and oxygen atoms in total. The van der Waals surface area contributed by atoms with Crippen molar-refractivity contribution in [3.63, 3.8) is 0 Å². The Morgan fingerprint density at radius 3 is 3.00 bits per heavy atom. The van der Waals surface area contributed by atoms with Gasteiger partial charge in [-0.25, -0.2) is 9.67 Å². The molecule has 0 aromatic carbocycles. The lowest BCUT2D eigenvalue weighted by atomic mass is 9.98. The Labute approximate surface area is 148 Å². The Kier molecular flexibility index (Phi) is 5.53. The lowest BCUT2D eigenvalue weighted by Gasteiger charge is -2.32. The van der Waals surface area contributed by atoms with E-state index in [1.165, 1.54) is 6.42 Å². The zero-order valence-corrected chi connectivity index (χ0v) is 15.2. The average Bonchev–Trinajstić information content (AvgIpc) is 3.18. The molecule has 3 rings (SSSR count). The summed E-state index contributed by atoms with van der Waals surface area (Å²) in [6, 6.07) is 3.61. The fourth-order valence-corrected chi connectivity index (χ4v) is 3.52. The van der Waals surface area contributed by atoms with Gasteiger partial charge in [-0.3, -0.25) is 9.69 Å². The number of nitrogens with zero attached hydrogens (tertiary/aromatic N) is 4. The van der Waals surface area contributed by atoms with E-state index in [0.29, 0.717) is 12.5 Å². The number of aromatic nitrogens is 3. The number of piperidine rings is 1. The van der Waals surface area contributed by atoms with Gasteiger partial charge in [0.25, 0.3) is 0 Å². The van der Waals surface area contributed by atoms with E-state index in [-0.39, 0.29) is 11.9 Å². The Morgan fingerprint density at radius 2 is 2.32 bits per heavy atom. The minimum Gasteiger partial charge on any atom is -0.467 e. The summed E-state index contributed by atoms with van der Waals surface area (Å²) in [5.74, 6) is 3.10. The smallest absolute Gasteiger partial charge is 0.234 e. The first-order valence-electron chi connectivity index (χ1n) is 8.94. The Hall–Kier alpha value is -2.15. The summed E-state index contributed by atoms with van der Waals surface area (Å²) in [5, 5.41) is 7.46. The van der Waals surface area contributed by atoms with Crippen LogP contribution in [0.5, 0.6) is 0 Å². The van der Waals surface area contributed by atoms with Crippen molar-refractivity contribution in [2.45, 2.75) is 46.2 Å². The van der Waals surface area contributed by atoms with Gasteiger partial charge in [0, 0.05) is 13.1 Å². The van der Waals surface area contributed by atoms with Crippen LogP contribution < -0.4 is 5.32 Å². The summed E-state index contributed by atoms with van der Waals surface area (Å²) in [4.78, 5) is 18.9. The lowest BCUT2D eigenvalue weighted by molar-refractivity contribution is -0.123. The van der Waals surface area contributed by atoms with Crippen molar-refractivity contribution < 1.29 is 9.21 Å². The quantitative estimate of drug-likeness (QED) is 0.867. The van der Waals surface area contributed by atoms with Crippen molar-refractivity contribution in [2.75, 3.05) is 19.6 Å². The average molecular weight is 345 g/mol. The SMILES string of the molecule is Cc1nc(C)n(C[C@@H]2CCCN(CC(=O)N[C@H](C)c3ccco3)C2)n1. The molecule has 0 bridgehead atoms. The second kappa shape index (κ2) is 7.82. The number of carbonyl (C=O) groups excluding carboxylic acids is 1.